The number of aromatic nitrogens is 5. The standard InChI is InChI=1S/C27H27ClN8O2/c1-4-25(37)36-10-9-20(14-36)35(3)24-8-6-22-26(34-24)27(32-16-31-22)33-18-5-7-23(21(28)11-18)38-15-19-13-29-17(2)12-30-19/h4-8,11-13,16,20H,1,9-10,14-15H2,2-3H3,(H,31,32,33). The van der Waals surface area contributed by atoms with Crippen molar-refractivity contribution in [3.05, 3.63) is 78.1 Å². The van der Waals surface area contributed by atoms with Gasteiger partial charge in [-0.15, -0.1) is 0 Å². The molecule has 11 heteroatoms. The molecular formula is C27H27ClN8O2. The van der Waals surface area contributed by atoms with E-state index in [1.807, 2.05) is 32.2 Å². The minimum absolute atomic E-state index is 0.0499. The Hall–Kier alpha value is -4.31. The monoisotopic (exact) mass is 530 g/mol. The van der Waals surface area contributed by atoms with E-state index in [0.717, 1.165) is 23.6 Å². The summed E-state index contributed by atoms with van der Waals surface area (Å²) in [7, 11) is 1.98. The van der Waals surface area contributed by atoms with Gasteiger partial charge in [-0.25, -0.2) is 15.0 Å². The van der Waals surface area contributed by atoms with Gasteiger partial charge in [0.05, 0.1) is 28.1 Å². The van der Waals surface area contributed by atoms with Crippen molar-refractivity contribution in [1.82, 2.24) is 29.8 Å². The van der Waals surface area contributed by atoms with Crippen LogP contribution in [0.4, 0.5) is 17.3 Å². The number of aryl methyl sites for hydroxylation is 1. The number of carbonyl (C=O) groups is 1. The molecule has 194 valence electrons. The number of ether oxygens (including phenoxy) is 1. The van der Waals surface area contributed by atoms with Gasteiger partial charge in [-0.1, -0.05) is 18.2 Å². The lowest BCUT2D eigenvalue weighted by Crippen LogP contribution is -2.36. The molecule has 1 unspecified atom stereocenters. The Morgan fingerprint density at radius 1 is 1.24 bits per heavy atom. The molecule has 1 amide bonds. The molecule has 1 atom stereocenters. The number of rotatable bonds is 8. The lowest BCUT2D eigenvalue weighted by Gasteiger charge is -2.26. The zero-order valence-electron chi connectivity index (χ0n) is 21.1. The number of nitrogens with one attached hydrogen (secondary N) is 1. The molecule has 1 aromatic carbocycles. The molecule has 38 heavy (non-hydrogen) atoms. The lowest BCUT2D eigenvalue weighted by atomic mass is 10.2. The van der Waals surface area contributed by atoms with Crippen LogP contribution < -0.4 is 15.0 Å². The molecule has 4 heterocycles. The second kappa shape index (κ2) is 11.0. The zero-order valence-corrected chi connectivity index (χ0v) is 21.9. The normalized spacial score (nSPS) is 14.9. The highest BCUT2D eigenvalue weighted by Gasteiger charge is 2.28. The number of amides is 1. The summed E-state index contributed by atoms with van der Waals surface area (Å²) in [6.45, 7) is 7.05. The fourth-order valence-corrected chi connectivity index (χ4v) is 4.51. The molecule has 0 spiro atoms. The second-order valence-corrected chi connectivity index (χ2v) is 9.42. The Kier molecular flexibility index (Phi) is 7.32. The molecule has 5 rings (SSSR count). The number of pyridine rings is 1. The van der Waals surface area contributed by atoms with Crippen molar-refractivity contribution in [2.75, 3.05) is 30.4 Å². The van der Waals surface area contributed by atoms with Crippen LogP contribution >= 0.6 is 11.6 Å². The van der Waals surface area contributed by atoms with Gasteiger partial charge in [0.25, 0.3) is 0 Å². The van der Waals surface area contributed by atoms with Gasteiger partial charge in [0.1, 0.15) is 30.0 Å². The second-order valence-electron chi connectivity index (χ2n) is 9.01. The van der Waals surface area contributed by atoms with Gasteiger partial charge in [-0.05, 0) is 49.8 Å². The Labute approximate surface area is 225 Å². The van der Waals surface area contributed by atoms with Crippen LogP contribution in [0, 0.1) is 6.92 Å². The van der Waals surface area contributed by atoms with E-state index in [9.17, 15) is 4.79 Å². The molecular weight excluding hydrogens is 504 g/mol. The predicted octanol–water partition coefficient (Wildman–Crippen LogP) is 4.32. The number of hydrogen-bond donors (Lipinski definition) is 1. The van der Waals surface area contributed by atoms with E-state index in [1.54, 1.807) is 29.4 Å². The van der Waals surface area contributed by atoms with Crippen molar-refractivity contribution in [2.24, 2.45) is 0 Å². The summed E-state index contributed by atoms with van der Waals surface area (Å²) < 4.78 is 5.82. The summed E-state index contributed by atoms with van der Waals surface area (Å²) in [6.07, 6.45) is 7.09. The largest absolute Gasteiger partial charge is 0.486 e. The molecule has 0 radical (unpaired) electrons. The molecule has 1 N–H and O–H groups in total. The summed E-state index contributed by atoms with van der Waals surface area (Å²) >= 11 is 6.50. The Morgan fingerprint density at radius 2 is 2.11 bits per heavy atom. The van der Waals surface area contributed by atoms with Crippen LogP contribution in [0.1, 0.15) is 17.8 Å². The van der Waals surface area contributed by atoms with Crippen molar-refractivity contribution < 1.29 is 9.53 Å². The average Bonchev–Trinajstić information content (AvgIpc) is 3.43. The van der Waals surface area contributed by atoms with Crippen LogP contribution in [0.15, 0.2) is 61.7 Å². The van der Waals surface area contributed by atoms with E-state index in [4.69, 9.17) is 21.3 Å². The van der Waals surface area contributed by atoms with E-state index in [2.05, 4.69) is 36.7 Å². The third-order valence-corrected chi connectivity index (χ3v) is 6.73. The summed E-state index contributed by atoms with van der Waals surface area (Å²) in [5.74, 6) is 1.81. The predicted molar refractivity (Wildman–Crippen MR) is 147 cm³/mol. The van der Waals surface area contributed by atoms with Crippen LogP contribution in [0.2, 0.25) is 5.02 Å². The molecule has 1 aliphatic heterocycles. The zero-order chi connectivity index (χ0) is 26.6. The Morgan fingerprint density at radius 3 is 2.87 bits per heavy atom. The number of benzene rings is 1. The van der Waals surface area contributed by atoms with E-state index >= 15 is 0 Å². The van der Waals surface area contributed by atoms with Crippen molar-refractivity contribution in [3.8, 4) is 5.75 Å². The highest BCUT2D eigenvalue weighted by molar-refractivity contribution is 6.32. The van der Waals surface area contributed by atoms with Crippen molar-refractivity contribution in [1.29, 1.82) is 0 Å². The number of halogens is 1. The highest BCUT2D eigenvalue weighted by atomic mass is 35.5. The molecule has 0 saturated carbocycles. The fraction of sp³-hybridized carbons (Fsp3) is 0.259. The number of carbonyl (C=O) groups excluding carboxylic acids is 1. The van der Waals surface area contributed by atoms with Gasteiger partial charge >= 0.3 is 0 Å². The van der Waals surface area contributed by atoms with Gasteiger partial charge in [-0.3, -0.25) is 14.8 Å². The van der Waals surface area contributed by atoms with Crippen LogP contribution in [-0.4, -0.2) is 61.9 Å². The molecule has 1 fully saturated rings. The van der Waals surface area contributed by atoms with Gasteiger partial charge < -0.3 is 19.9 Å². The van der Waals surface area contributed by atoms with Crippen molar-refractivity contribution in [2.45, 2.75) is 26.0 Å². The smallest absolute Gasteiger partial charge is 0.246 e. The van der Waals surface area contributed by atoms with Gasteiger partial charge in [0, 0.05) is 38.1 Å². The third kappa shape index (κ3) is 5.50. The van der Waals surface area contributed by atoms with Crippen LogP contribution in [-0.2, 0) is 11.4 Å². The van der Waals surface area contributed by atoms with Crippen molar-refractivity contribution in [3.63, 3.8) is 0 Å². The number of hydrogen-bond acceptors (Lipinski definition) is 9. The van der Waals surface area contributed by atoms with Crippen molar-refractivity contribution >= 4 is 45.9 Å². The van der Waals surface area contributed by atoms with E-state index < -0.39 is 0 Å². The molecule has 4 aromatic rings. The van der Waals surface area contributed by atoms with E-state index in [-0.39, 0.29) is 18.6 Å². The number of likely N-dealkylation sites (N-methyl/N-ethyl adjacent to an activating group) is 1. The SMILES string of the molecule is C=CC(=O)N1CCC(N(C)c2ccc3ncnc(Nc4ccc(OCc5cnc(C)cn5)c(Cl)c4)c3n2)C1. The molecule has 10 nitrogen and oxygen atoms in total. The number of nitrogens with zero attached hydrogens (tertiary/aromatic N) is 7. The Balaban J connectivity index is 1.32. The molecule has 3 aromatic heterocycles. The average molecular weight is 531 g/mol. The van der Waals surface area contributed by atoms with E-state index in [1.165, 1.54) is 12.4 Å². The number of fused-ring (bicyclic) bond motifs is 1. The van der Waals surface area contributed by atoms with Gasteiger partial charge in [0.15, 0.2) is 5.82 Å². The van der Waals surface area contributed by atoms with Gasteiger partial charge in [0.2, 0.25) is 5.91 Å². The summed E-state index contributed by atoms with van der Waals surface area (Å²) in [6, 6.07) is 9.42. The topological polar surface area (TPSA) is 109 Å². The molecule has 0 aliphatic carbocycles. The third-order valence-electron chi connectivity index (χ3n) is 6.43. The Bertz CT molecular complexity index is 1480. The molecule has 1 aliphatic rings. The van der Waals surface area contributed by atoms with Crippen LogP contribution in [0.5, 0.6) is 5.75 Å². The first-order chi connectivity index (χ1) is 18.4. The van der Waals surface area contributed by atoms with Gasteiger partial charge in [-0.2, -0.15) is 0 Å². The number of likely N-dealkylation sites (tertiary alicyclic amines) is 1. The maximum Gasteiger partial charge on any atom is 0.246 e. The first-order valence-electron chi connectivity index (χ1n) is 12.1. The maximum atomic E-state index is 12.0. The first kappa shape index (κ1) is 25.3. The summed E-state index contributed by atoms with van der Waals surface area (Å²) in [5, 5.41) is 3.75. The molecule has 0 bridgehead atoms. The molecule has 1 saturated heterocycles. The quantitative estimate of drug-likeness (QED) is 0.333. The van der Waals surface area contributed by atoms with Crippen LogP contribution in [0.3, 0.4) is 0 Å². The summed E-state index contributed by atoms with van der Waals surface area (Å²) in [5.41, 5.74) is 3.62. The maximum absolute atomic E-state index is 12.0. The highest BCUT2D eigenvalue weighted by Crippen LogP contribution is 2.31. The summed E-state index contributed by atoms with van der Waals surface area (Å²) in [4.78, 5) is 38.1. The number of anilines is 3. The first-order valence-corrected chi connectivity index (χ1v) is 12.5. The fourth-order valence-electron chi connectivity index (χ4n) is 4.27. The van der Waals surface area contributed by atoms with Crippen LogP contribution in [0.25, 0.3) is 11.0 Å². The minimum Gasteiger partial charge on any atom is -0.486 e. The van der Waals surface area contributed by atoms with E-state index in [0.29, 0.717) is 46.4 Å². The minimum atomic E-state index is -0.0499. The lowest BCUT2D eigenvalue weighted by molar-refractivity contribution is -0.125.